The molecule has 0 spiro atoms. The Morgan fingerprint density at radius 2 is 1.93 bits per heavy atom. The molecule has 0 aliphatic rings. The van der Waals surface area contributed by atoms with Gasteiger partial charge in [0.15, 0.2) is 5.16 Å². The van der Waals surface area contributed by atoms with E-state index in [0.717, 1.165) is 30.1 Å². The summed E-state index contributed by atoms with van der Waals surface area (Å²) in [7, 11) is -3.53. The number of aromatic nitrogens is 2. The number of thioether (sulfide) groups is 1. The lowest BCUT2D eigenvalue weighted by molar-refractivity contribution is -0.116. The molecule has 1 atom stereocenters. The van der Waals surface area contributed by atoms with Gasteiger partial charge in [-0.15, -0.1) is 0 Å². The second kappa shape index (κ2) is 9.21. The van der Waals surface area contributed by atoms with Crippen LogP contribution < -0.4 is 0 Å². The Labute approximate surface area is 166 Å². The third-order valence-corrected chi connectivity index (χ3v) is 7.87. The molecule has 1 aromatic heterocycles. The van der Waals surface area contributed by atoms with E-state index < -0.39 is 10.0 Å². The van der Waals surface area contributed by atoms with Crippen molar-refractivity contribution in [3.8, 4) is 0 Å². The molecule has 0 N–H and O–H groups in total. The van der Waals surface area contributed by atoms with E-state index in [2.05, 4.69) is 16.5 Å². The van der Waals surface area contributed by atoms with Crippen LogP contribution in [0.5, 0.6) is 0 Å². The molecule has 0 aliphatic heterocycles. The van der Waals surface area contributed by atoms with Crippen molar-refractivity contribution < 1.29 is 13.2 Å². The lowest BCUT2D eigenvalue weighted by Crippen LogP contribution is -2.30. The molecular formula is C19H29N3O3S2. The summed E-state index contributed by atoms with van der Waals surface area (Å²) in [5.74, 6) is 0.0962. The minimum atomic E-state index is -3.53. The van der Waals surface area contributed by atoms with Crippen molar-refractivity contribution in [1.29, 1.82) is 0 Å². The zero-order valence-electron chi connectivity index (χ0n) is 16.7. The average molecular weight is 412 g/mol. The van der Waals surface area contributed by atoms with Crippen LogP contribution in [-0.4, -0.2) is 46.4 Å². The topological polar surface area (TPSA) is 72.3 Å². The molecule has 0 bridgehead atoms. The van der Waals surface area contributed by atoms with Gasteiger partial charge in [-0.3, -0.25) is 4.79 Å². The normalized spacial score (nSPS) is 13.4. The van der Waals surface area contributed by atoms with Gasteiger partial charge in [-0.1, -0.05) is 39.0 Å². The van der Waals surface area contributed by atoms with Gasteiger partial charge in [-0.05, 0) is 38.5 Å². The lowest BCUT2D eigenvalue weighted by atomic mass is 10.3. The molecule has 2 aromatic rings. The van der Waals surface area contributed by atoms with Gasteiger partial charge < -0.3 is 4.57 Å². The third kappa shape index (κ3) is 4.73. The van der Waals surface area contributed by atoms with E-state index in [-0.39, 0.29) is 15.9 Å². The Morgan fingerprint density at radius 1 is 1.26 bits per heavy atom. The molecule has 1 unspecified atom stereocenters. The molecule has 1 heterocycles. The van der Waals surface area contributed by atoms with E-state index >= 15 is 0 Å². The highest BCUT2D eigenvalue weighted by Gasteiger charge is 2.23. The molecule has 2 rings (SSSR count). The number of fused-ring (bicyclic) bond motifs is 1. The number of hydrogen-bond acceptors (Lipinski definition) is 5. The maximum absolute atomic E-state index is 12.8. The van der Waals surface area contributed by atoms with Gasteiger partial charge in [-0.2, -0.15) is 4.31 Å². The highest BCUT2D eigenvalue weighted by atomic mass is 32.2. The Kier molecular flexibility index (Phi) is 7.47. The first kappa shape index (κ1) is 21.9. The number of rotatable bonds is 10. The summed E-state index contributed by atoms with van der Waals surface area (Å²) in [5, 5.41) is 0.569. The van der Waals surface area contributed by atoms with E-state index in [1.54, 1.807) is 19.1 Å². The number of carbonyl (C=O) groups is 1. The smallest absolute Gasteiger partial charge is 0.243 e. The second-order valence-corrected chi connectivity index (χ2v) is 9.76. The van der Waals surface area contributed by atoms with Gasteiger partial charge in [-0.25, -0.2) is 13.4 Å². The Balaban J connectivity index is 2.53. The molecule has 6 nitrogen and oxygen atoms in total. The monoisotopic (exact) mass is 411 g/mol. The van der Waals surface area contributed by atoms with Crippen LogP contribution in [0, 0.1) is 0 Å². The fourth-order valence-electron chi connectivity index (χ4n) is 2.82. The number of hydrogen-bond donors (Lipinski definition) is 0. The SMILES string of the molecule is CCCCn1c(SC(C)C(C)=O)nc2cc(S(=O)(=O)N(CC)CC)ccc21. The summed E-state index contributed by atoms with van der Waals surface area (Å²) in [6.07, 6.45) is 2.04. The zero-order valence-corrected chi connectivity index (χ0v) is 18.4. The quantitative estimate of drug-likeness (QED) is 0.554. The van der Waals surface area contributed by atoms with E-state index in [1.165, 1.54) is 16.1 Å². The van der Waals surface area contributed by atoms with Crippen LogP contribution in [0.1, 0.15) is 47.5 Å². The number of imidazole rings is 1. The summed E-state index contributed by atoms with van der Waals surface area (Å²) in [5.41, 5.74) is 1.55. The van der Waals surface area contributed by atoms with Crippen molar-refractivity contribution in [1.82, 2.24) is 13.9 Å². The number of sulfonamides is 1. The Morgan fingerprint density at radius 3 is 2.48 bits per heavy atom. The Hall–Kier alpha value is -1.38. The van der Waals surface area contributed by atoms with Gasteiger partial charge in [0.2, 0.25) is 10.0 Å². The summed E-state index contributed by atoms with van der Waals surface area (Å²) < 4.78 is 29.2. The fourth-order valence-corrected chi connectivity index (χ4v) is 5.25. The predicted molar refractivity (Wildman–Crippen MR) is 111 cm³/mol. The van der Waals surface area contributed by atoms with Crippen LogP contribution in [0.3, 0.4) is 0 Å². The number of nitrogens with zero attached hydrogens (tertiary/aromatic N) is 3. The molecule has 0 saturated heterocycles. The first-order valence-electron chi connectivity index (χ1n) is 9.43. The van der Waals surface area contributed by atoms with Crippen molar-refractivity contribution in [2.45, 2.75) is 69.3 Å². The van der Waals surface area contributed by atoms with E-state index in [4.69, 9.17) is 0 Å². The van der Waals surface area contributed by atoms with Gasteiger partial charge in [0.1, 0.15) is 5.78 Å². The Bertz CT molecular complexity index is 902. The van der Waals surface area contributed by atoms with Gasteiger partial charge in [0, 0.05) is 19.6 Å². The average Bonchev–Trinajstić information content (AvgIpc) is 2.96. The molecular weight excluding hydrogens is 382 g/mol. The number of benzene rings is 1. The van der Waals surface area contributed by atoms with Crippen molar-refractivity contribution in [2.24, 2.45) is 0 Å². The van der Waals surface area contributed by atoms with Crippen LogP contribution in [0.15, 0.2) is 28.3 Å². The molecule has 150 valence electrons. The second-order valence-electron chi connectivity index (χ2n) is 6.51. The molecule has 8 heteroatoms. The van der Waals surface area contributed by atoms with Crippen molar-refractivity contribution >= 4 is 38.6 Å². The number of Topliss-reactive ketones (excluding diaryl/α,β-unsaturated/α-hetero) is 1. The van der Waals surface area contributed by atoms with Crippen molar-refractivity contribution in [3.63, 3.8) is 0 Å². The molecule has 27 heavy (non-hydrogen) atoms. The molecule has 0 amide bonds. The molecule has 0 radical (unpaired) electrons. The lowest BCUT2D eigenvalue weighted by Gasteiger charge is -2.18. The summed E-state index contributed by atoms with van der Waals surface area (Å²) in [4.78, 5) is 16.6. The van der Waals surface area contributed by atoms with E-state index in [1.807, 2.05) is 26.8 Å². The third-order valence-electron chi connectivity index (χ3n) is 4.62. The first-order valence-corrected chi connectivity index (χ1v) is 11.8. The van der Waals surface area contributed by atoms with Crippen LogP contribution in [0.25, 0.3) is 11.0 Å². The maximum atomic E-state index is 12.8. The number of ketones is 1. The molecule has 0 aliphatic carbocycles. The fraction of sp³-hybridized carbons (Fsp3) is 0.579. The maximum Gasteiger partial charge on any atom is 0.243 e. The highest BCUT2D eigenvalue weighted by Crippen LogP contribution is 2.30. The summed E-state index contributed by atoms with van der Waals surface area (Å²) >= 11 is 1.43. The molecule has 0 saturated carbocycles. The number of aryl methyl sites for hydroxylation is 1. The van der Waals surface area contributed by atoms with Crippen LogP contribution >= 0.6 is 11.8 Å². The summed E-state index contributed by atoms with van der Waals surface area (Å²) in [6.45, 7) is 10.9. The van der Waals surface area contributed by atoms with Gasteiger partial charge >= 0.3 is 0 Å². The molecule has 0 fully saturated rings. The van der Waals surface area contributed by atoms with Gasteiger partial charge in [0.05, 0.1) is 21.2 Å². The standard InChI is InChI=1S/C19H29N3O3S2/c1-6-9-12-22-18-11-10-16(27(24,25)21(7-2)8-3)13-17(18)20-19(22)26-15(5)14(4)23/h10-11,13,15H,6-9,12H2,1-5H3. The minimum Gasteiger partial charge on any atom is -0.319 e. The van der Waals surface area contributed by atoms with E-state index in [0.29, 0.717) is 18.6 Å². The van der Waals surface area contributed by atoms with Crippen LogP contribution in [-0.2, 0) is 21.4 Å². The highest BCUT2D eigenvalue weighted by molar-refractivity contribution is 8.00. The summed E-state index contributed by atoms with van der Waals surface area (Å²) in [6, 6.07) is 5.13. The first-order chi connectivity index (χ1) is 12.8. The van der Waals surface area contributed by atoms with Crippen LogP contribution in [0.4, 0.5) is 0 Å². The minimum absolute atomic E-state index is 0.0962. The predicted octanol–water partition coefficient (Wildman–Crippen LogP) is 3.94. The van der Waals surface area contributed by atoms with E-state index in [9.17, 15) is 13.2 Å². The number of carbonyl (C=O) groups excluding carboxylic acids is 1. The zero-order chi connectivity index (χ0) is 20.2. The van der Waals surface area contributed by atoms with Gasteiger partial charge in [0.25, 0.3) is 0 Å². The largest absolute Gasteiger partial charge is 0.319 e. The van der Waals surface area contributed by atoms with Crippen LogP contribution in [0.2, 0.25) is 0 Å². The van der Waals surface area contributed by atoms with Crippen molar-refractivity contribution in [3.05, 3.63) is 18.2 Å². The van der Waals surface area contributed by atoms with Crippen molar-refractivity contribution in [2.75, 3.05) is 13.1 Å². The molecule has 1 aromatic carbocycles. The number of unbranched alkanes of at least 4 members (excludes halogenated alkanes) is 1.